The lowest BCUT2D eigenvalue weighted by Gasteiger charge is -2.45. The molecule has 1 unspecified atom stereocenters. The van der Waals surface area contributed by atoms with Crippen molar-refractivity contribution in [3.05, 3.63) is 35.4 Å². The lowest BCUT2D eigenvalue weighted by Crippen LogP contribution is -2.56. The Kier molecular flexibility index (Phi) is 8.13. The van der Waals surface area contributed by atoms with Crippen LogP contribution in [0.5, 0.6) is 0 Å². The average molecular weight is 305 g/mol. The molecule has 22 heavy (non-hydrogen) atoms. The SMILES string of the molecule is CC.Cc1cccc(CN2CCN(C(C)C)C(C(C)C)C2)c1. The van der Waals surface area contributed by atoms with E-state index in [1.807, 2.05) is 13.8 Å². The monoisotopic (exact) mass is 304 g/mol. The third-order valence-electron chi connectivity index (χ3n) is 4.47. The zero-order valence-electron chi connectivity index (χ0n) is 15.8. The van der Waals surface area contributed by atoms with E-state index in [1.54, 1.807) is 0 Å². The molecule has 1 aromatic carbocycles. The van der Waals surface area contributed by atoms with Crippen molar-refractivity contribution in [3.8, 4) is 0 Å². The molecule has 2 heteroatoms. The van der Waals surface area contributed by atoms with Gasteiger partial charge in [0.2, 0.25) is 0 Å². The maximum absolute atomic E-state index is 2.68. The molecule has 1 heterocycles. The normalized spacial score (nSPS) is 20.1. The van der Waals surface area contributed by atoms with E-state index in [4.69, 9.17) is 0 Å². The van der Waals surface area contributed by atoms with Crippen LogP contribution in [0.3, 0.4) is 0 Å². The van der Waals surface area contributed by atoms with Crippen LogP contribution in [0.2, 0.25) is 0 Å². The zero-order valence-corrected chi connectivity index (χ0v) is 15.8. The largest absolute Gasteiger partial charge is 0.296 e. The summed E-state index contributed by atoms with van der Waals surface area (Å²) in [6, 6.07) is 10.3. The molecule has 0 spiro atoms. The number of piperazine rings is 1. The first kappa shape index (κ1) is 19.2. The van der Waals surface area contributed by atoms with E-state index in [1.165, 1.54) is 30.8 Å². The smallest absolute Gasteiger partial charge is 0.0249 e. The van der Waals surface area contributed by atoms with Gasteiger partial charge >= 0.3 is 0 Å². The van der Waals surface area contributed by atoms with E-state index < -0.39 is 0 Å². The first-order valence-electron chi connectivity index (χ1n) is 9.01. The van der Waals surface area contributed by atoms with Crippen LogP contribution in [0.1, 0.15) is 52.7 Å². The van der Waals surface area contributed by atoms with Crippen molar-refractivity contribution in [1.29, 1.82) is 0 Å². The highest BCUT2D eigenvalue weighted by Gasteiger charge is 2.30. The topological polar surface area (TPSA) is 6.48 Å². The summed E-state index contributed by atoms with van der Waals surface area (Å²) in [7, 11) is 0. The van der Waals surface area contributed by atoms with Crippen molar-refractivity contribution in [3.63, 3.8) is 0 Å². The predicted octanol–water partition coefficient (Wildman–Crippen LogP) is 4.57. The fourth-order valence-corrected chi connectivity index (χ4v) is 3.33. The third kappa shape index (κ3) is 5.40. The van der Waals surface area contributed by atoms with Crippen molar-refractivity contribution >= 4 is 0 Å². The number of benzene rings is 1. The van der Waals surface area contributed by atoms with Crippen LogP contribution in [-0.4, -0.2) is 41.5 Å². The van der Waals surface area contributed by atoms with Gasteiger partial charge in [-0.3, -0.25) is 9.80 Å². The second-order valence-corrected chi connectivity index (χ2v) is 6.87. The number of nitrogens with zero attached hydrogens (tertiary/aromatic N) is 2. The van der Waals surface area contributed by atoms with E-state index >= 15 is 0 Å². The van der Waals surface area contributed by atoms with E-state index in [0.29, 0.717) is 12.1 Å². The third-order valence-corrected chi connectivity index (χ3v) is 4.47. The number of rotatable bonds is 4. The van der Waals surface area contributed by atoms with Gasteiger partial charge in [0.1, 0.15) is 0 Å². The Bertz CT molecular complexity index is 425. The fourth-order valence-electron chi connectivity index (χ4n) is 3.33. The lowest BCUT2D eigenvalue weighted by molar-refractivity contribution is 0.0251. The van der Waals surface area contributed by atoms with Gasteiger partial charge in [0.15, 0.2) is 0 Å². The summed E-state index contributed by atoms with van der Waals surface area (Å²) in [5.74, 6) is 0.720. The summed E-state index contributed by atoms with van der Waals surface area (Å²) in [6.45, 7) is 20.2. The molecule has 1 aromatic rings. The Labute approximate surface area is 138 Å². The molecule has 2 nitrogen and oxygen atoms in total. The van der Waals surface area contributed by atoms with Gasteiger partial charge in [-0.1, -0.05) is 57.5 Å². The number of aryl methyl sites for hydroxylation is 1. The molecule has 1 atom stereocenters. The molecule has 0 aliphatic carbocycles. The predicted molar refractivity (Wildman–Crippen MR) is 98.3 cm³/mol. The van der Waals surface area contributed by atoms with Crippen molar-refractivity contribution in [2.45, 2.75) is 67.1 Å². The molecule has 2 rings (SSSR count). The summed E-state index contributed by atoms with van der Waals surface area (Å²) < 4.78 is 0. The molecule has 1 aliphatic heterocycles. The number of hydrogen-bond donors (Lipinski definition) is 0. The molecule has 0 bridgehead atoms. The van der Waals surface area contributed by atoms with E-state index in [0.717, 1.165) is 12.5 Å². The van der Waals surface area contributed by atoms with Gasteiger partial charge in [0.05, 0.1) is 0 Å². The maximum Gasteiger partial charge on any atom is 0.0249 e. The second kappa shape index (κ2) is 9.32. The highest BCUT2D eigenvalue weighted by atomic mass is 15.3. The Morgan fingerprint density at radius 3 is 2.32 bits per heavy atom. The highest BCUT2D eigenvalue weighted by Crippen LogP contribution is 2.21. The molecular weight excluding hydrogens is 268 g/mol. The molecule has 1 saturated heterocycles. The minimum absolute atomic E-state index is 0.656. The van der Waals surface area contributed by atoms with Crippen molar-refractivity contribution in [2.75, 3.05) is 19.6 Å². The molecule has 0 aromatic heterocycles. The lowest BCUT2D eigenvalue weighted by atomic mass is 9.97. The maximum atomic E-state index is 2.68. The summed E-state index contributed by atoms with van der Waals surface area (Å²) >= 11 is 0. The van der Waals surface area contributed by atoms with Gasteiger partial charge in [-0.25, -0.2) is 0 Å². The van der Waals surface area contributed by atoms with Crippen molar-refractivity contribution in [1.82, 2.24) is 9.80 Å². The first-order chi connectivity index (χ1) is 10.5. The van der Waals surface area contributed by atoms with Crippen LogP contribution in [0.15, 0.2) is 24.3 Å². The Morgan fingerprint density at radius 2 is 1.77 bits per heavy atom. The highest BCUT2D eigenvalue weighted by molar-refractivity contribution is 5.22. The zero-order chi connectivity index (χ0) is 16.7. The van der Waals surface area contributed by atoms with Gasteiger partial charge in [0.25, 0.3) is 0 Å². The van der Waals surface area contributed by atoms with Crippen LogP contribution in [0, 0.1) is 12.8 Å². The van der Waals surface area contributed by atoms with Gasteiger partial charge in [-0.2, -0.15) is 0 Å². The van der Waals surface area contributed by atoms with E-state index in [9.17, 15) is 0 Å². The minimum atomic E-state index is 0.656. The van der Waals surface area contributed by atoms with Crippen molar-refractivity contribution < 1.29 is 0 Å². The van der Waals surface area contributed by atoms with E-state index in [-0.39, 0.29) is 0 Å². The van der Waals surface area contributed by atoms with Gasteiger partial charge < -0.3 is 0 Å². The number of hydrogen-bond acceptors (Lipinski definition) is 2. The Balaban J connectivity index is 0.00000116. The molecule has 126 valence electrons. The summed E-state index contributed by atoms with van der Waals surface area (Å²) in [5.41, 5.74) is 2.81. The van der Waals surface area contributed by atoms with Gasteiger partial charge in [-0.15, -0.1) is 0 Å². The summed E-state index contributed by atoms with van der Waals surface area (Å²) in [5, 5.41) is 0. The van der Waals surface area contributed by atoms with Crippen LogP contribution in [0.25, 0.3) is 0 Å². The van der Waals surface area contributed by atoms with Crippen molar-refractivity contribution in [2.24, 2.45) is 5.92 Å². The fraction of sp³-hybridized carbons (Fsp3) is 0.700. The van der Waals surface area contributed by atoms with E-state index in [2.05, 4.69) is 68.7 Å². The summed E-state index contributed by atoms with van der Waals surface area (Å²) in [6.07, 6.45) is 0. The first-order valence-corrected chi connectivity index (χ1v) is 9.01. The average Bonchev–Trinajstić information content (AvgIpc) is 2.49. The standard InChI is InChI=1S/C18H30N2.C2H6/c1-14(2)18-13-19(9-10-20(18)15(3)4)12-17-8-6-7-16(5)11-17;1-2/h6-8,11,14-15,18H,9-10,12-13H2,1-5H3;1-2H3. The molecule has 0 amide bonds. The van der Waals surface area contributed by atoms with Crippen LogP contribution < -0.4 is 0 Å². The van der Waals surface area contributed by atoms with Gasteiger partial charge in [0, 0.05) is 38.3 Å². The molecule has 1 aliphatic rings. The minimum Gasteiger partial charge on any atom is -0.296 e. The Morgan fingerprint density at radius 1 is 1.09 bits per heavy atom. The molecule has 1 fully saturated rings. The molecule has 0 saturated carbocycles. The molecular formula is C20H36N2. The van der Waals surface area contributed by atoms with Crippen LogP contribution >= 0.6 is 0 Å². The quantitative estimate of drug-likeness (QED) is 0.804. The molecule has 0 N–H and O–H groups in total. The molecule has 0 radical (unpaired) electrons. The second-order valence-electron chi connectivity index (χ2n) is 6.87. The van der Waals surface area contributed by atoms with Gasteiger partial charge in [-0.05, 0) is 32.3 Å². The summed E-state index contributed by atoms with van der Waals surface area (Å²) in [4.78, 5) is 5.30. The van der Waals surface area contributed by atoms with Crippen LogP contribution in [0.4, 0.5) is 0 Å². The Hall–Kier alpha value is -0.860. The van der Waals surface area contributed by atoms with Crippen LogP contribution in [-0.2, 0) is 6.54 Å².